The quantitative estimate of drug-likeness (QED) is 0.431. The maximum atomic E-state index is 9.85. The summed E-state index contributed by atoms with van der Waals surface area (Å²) in [5.74, 6) is -1.85. The molecule has 0 aromatic carbocycles. The zero-order valence-electron chi connectivity index (χ0n) is 12.7. The summed E-state index contributed by atoms with van der Waals surface area (Å²) in [4.78, 5) is 19.7. The molecule has 0 aromatic rings. The van der Waals surface area contributed by atoms with Gasteiger partial charge in [-0.2, -0.15) is 0 Å². The summed E-state index contributed by atoms with van der Waals surface area (Å²) in [6.45, 7) is 4.19. The first-order chi connectivity index (χ1) is 8.54. The van der Waals surface area contributed by atoms with Crippen LogP contribution < -0.4 is 10.2 Å². The van der Waals surface area contributed by atoms with Crippen LogP contribution in [0, 0.1) is 0 Å². The molecule has 6 heteroatoms. The fourth-order valence-electron chi connectivity index (χ4n) is 1.39. The van der Waals surface area contributed by atoms with Crippen molar-refractivity contribution in [1.82, 2.24) is 0 Å². The van der Waals surface area contributed by atoms with Gasteiger partial charge in [-0.15, -0.1) is 0 Å². The van der Waals surface area contributed by atoms with Crippen LogP contribution in [0.1, 0.15) is 78.1 Å². The molecule has 0 fully saturated rings. The van der Waals surface area contributed by atoms with E-state index in [0.29, 0.717) is 0 Å². The van der Waals surface area contributed by atoms with Gasteiger partial charge in [0.25, 0.3) is 0 Å². The number of aliphatic carboxylic acids is 2. The Kier molecular flexibility index (Phi) is 32.8. The van der Waals surface area contributed by atoms with Crippen molar-refractivity contribution in [2.24, 2.45) is 0 Å². The normalized spacial score (nSPS) is 8.50. The van der Waals surface area contributed by atoms with Crippen LogP contribution in [0.25, 0.3) is 0 Å². The molecule has 0 aliphatic carbocycles. The first-order valence-corrected chi connectivity index (χ1v) is 6.94. The zero-order chi connectivity index (χ0) is 14.2. The molecule has 20 heavy (non-hydrogen) atoms. The predicted octanol–water partition coefficient (Wildman–Crippen LogP) is 0.856. The van der Waals surface area contributed by atoms with Crippen molar-refractivity contribution in [2.45, 2.75) is 78.1 Å². The number of carboxylic acid groups (broad SMARTS) is 2. The van der Waals surface area contributed by atoms with Crippen molar-refractivity contribution < 1.29 is 25.3 Å². The fraction of sp³-hybridized carbons (Fsp3) is 0.857. The minimum absolute atomic E-state index is 0. The maximum absolute atomic E-state index is 9.85. The second kappa shape index (κ2) is 23.6. The summed E-state index contributed by atoms with van der Waals surface area (Å²) in [5.41, 5.74) is 0. The van der Waals surface area contributed by atoms with Gasteiger partial charge < -0.3 is 25.3 Å². The Morgan fingerprint density at radius 3 is 1.20 bits per heavy atom. The number of hydrogen-bond donors (Lipinski definition) is 0. The Labute approximate surface area is 135 Å². The number of carboxylic acids is 2. The molecule has 5 nitrogen and oxygen atoms in total. The van der Waals surface area contributed by atoms with Crippen LogP contribution in [0.4, 0.5) is 0 Å². The Balaban J connectivity index is -0.000000116. The monoisotopic (exact) mass is 344 g/mol. The van der Waals surface area contributed by atoms with E-state index in [1.165, 1.54) is 0 Å². The zero-order valence-corrected chi connectivity index (χ0v) is 15.2. The molecule has 0 aromatic heterocycles. The molecule has 0 amide bonds. The van der Waals surface area contributed by atoms with Gasteiger partial charge in [-0.25, -0.2) is 0 Å². The van der Waals surface area contributed by atoms with Gasteiger partial charge in [-0.3, -0.25) is 0 Å². The van der Waals surface area contributed by atoms with E-state index in [9.17, 15) is 19.8 Å². The third kappa shape index (κ3) is 36.0. The largest absolute Gasteiger partial charge is 3.00 e. The molecule has 0 saturated heterocycles. The second-order valence-corrected chi connectivity index (χ2v) is 4.37. The molecule has 0 unspecified atom stereocenters. The van der Waals surface area contributed by atoms with Gasteiger partial charge in [0, 0.05) is 11.9 Å². The smallest absolute Gasteiger partial charge is 0.870 e. The number of carbonyl (C=O) groups is 2. The predicted molar refractivity (Wildman–Crippen MR) is 75.2 cm³/mol. The fourth-order valence-corrected chi connectivity index (χ4v) is 1.39. The van der Waals surface area contributed by atoms with Crippen LogP contribution in [0.5, 0.6) is 0 Å². The van der Waals surface area contributed by atoms with Gasteiger partial charge in [0.05, 0.1) is 0 Å². The Bertz CT molecular complexity index is 188. The number of hydrogen-bond acceptors (Lipinski definition) is 5. The van der Waals surface area contributed by atoms with E-state index in [1.807, 2.05) is 0 Å². The summed E-state index contributed by atoms with van der Waals surface area (Å²) in [6.07, 6.45) is 8.59. The molecule has 0 rings (SSSR count). The molecule has 0 spiro atoms. The Morgan fingerprint density at radius 1 is 0.700 bits per heavy atom. The number of carbonyl (C=O) groups excluding carboxylic acids is 2. The van der Waals surface area contributed by atoms with Crippen LogP contribution in [0.15, 0.2) is 0 Å². The van der Waals surface area contributed by atoms with Crippen LogP contribution in [-0.4, -0.2) is 37.2 Å². The molecular formula is C14H27GaO5. The maximum Gasteiger partial charge on any atom is 3.00 e. The second-order valence-electron chi connectivity index (χ2n) is 4.37. The van der Waals surface area contributed by atoms with Crippen LogP contribution in [0.2, 0.25) is 0 Å². The molecule has 0 saturated carbocycles. The van der Waals surface area contributed by atoms with E-state index in [4.69, 9.17) is 0 Å². The molecule has 0 aliphatic rings. The van der Waals surface area contributed by atoms with E-state index in [2.05, 4.69) is 13.8 Å². The van der Waals surface area contributed by atoms with E-state index in [1.54, 1.807) is 0 Å². The van der Waals surface area contributed by atoms with Crippen molar-refractivity contribution in [3.8, 4) is 0 Å². The average molecular weight is 345 g/mol. The van der Waals surface area contributed by atoms with Gasteiger partial charge in [0.2, 0.25) is 0 Å². The molecule has 0 radical (unpaired) electrons. The van der Waals surface area contributed by atoms with Gasteiger partial charge in [-0.05, 0) is 25.7 Å². The van der Waals surface area contributed by atoms with Gasteiger partial charge >= 0.3 is 19.8 Å². The number of unbranched alkanes of at least 4 members (excludes halogenated alkanes) is 6. The van der Waals surface area contributed by atoms with Crippen LogP contribution >= 0.6 is 0 Å². The van der Waals surface area contributed by atoms with Gasteiger partial charge in [-0.1, -0.05) is 52.4 Å². The number of rotatable bonds is 10. The Morgan fingerprint density at radius 2 is 1.00 bits per heavy atom. The molecule has 1 N–H and O–H groups in total. The molecule has 116 valence electrons. The van der Waals surface area contributed by atoms with E-state index < -0.39 is 11.9 Å². The summed E-state index contributed by atoms with van der Waals surface area (Å²) < 4.78 is 0. The van der Waals surface area contributed by atoms with Crippen LogP contribution in [-0.2, 0) is 9.59 Å². The third-order valence-electron chi connectivity index (χ3n) is 2.47. The summed E-state index contributed by atoms with van der Waals surface area (Å²) in [6, 6.07) is 0. The first kappa shape index (κ1) is 27.8. The van der Waals surface area contributed by atoms with Crippen molar-refractivity contribution in [3.63, 3.8) is 0 Å². The van der Waals surface area contributed by atoms with Crippen molar-refractivity contribution in [2.75, 3.05) is 0 Å². The van der Waals surface area contributed by atoms with Crippen molar-refractivity contribution in [1.29, 1.82) is 0 Å². The Hall–Kier alpha value is -0.464. The first-order valence-electron chi connectivity index (χ1n) is 6.94. The molecule has 0 atom stereocenters. The van der Waals surface area contributed by atoms with Gasteiger partial charge in [0.1, 0.15) is 0 Å². The van der Waals surface area contributed by atoms with Crippen LogP contribution in [0.3, 0.4) is 0 Å². The molecular weight excluding hydrogens is 318 g/mol. The topological polar surface area (TPSA) is 110 Å². The SMILES string of the molecule is CCCCCCC(=O)[O-].CCCCCCC(=O)[O-].[Ga+3].[OH-]. The van der Waals surface area contributed by atoms with Crippen molar-refractivity contribution >= 4 is 31.7 Å². The molecule has 0 aliphatic heterocycles. The minimum atomic E-state index is -0.925. The van der Waals surface area contributed by atoms with E-state index in [0.717, 1.165) is 51.4 Å². The summed E-state index contributed by atoms with van der Waals surface area (Å²) in [5, 5.41) is 19.7. The van der Waals surface area contributed by atoms with E-state index >= 15 is 0 Å². The van der Waals surface area contributed by atoms with E-state index in [-0.39, 0.29) is 38.1 Å². The molecule has 0 bridgehead atoms. The minimum Gasteiger partial charge on any atom is -0.870 e. The summed E-state index contributed by atoms with van der Waals surface area (Å²) in [7, 11) is 0. The van der Waals surface area contributed by atoms with Crippen molar-refractivity contribution in [3.05, 3.63) is 0 Å². The summed E-state index contributed by atoms with van der Waals surface area (Å²) >= 11 is 0. The third-order valence-corrected chi connectivity index (χ3v) is 2.47. The molecule has 0 heterocycles. The average Bonchev–Trinajstić information content (AvgIpc) is 2.31. The van der Waals surface area contributed by atoms with Gasteiger partial charge in [0.15, 0.2) is 0 Å². The standard InChI is InChI=1S/2C7H14O2.Ga.H2O/c2*1-2-3-4-5-6-7(8)9;;/h2*2-6H2,1H3,(H,8,9);;1H2/q;;+3;/p-3.